The summed E-state index contributed by atoms with van der Waals surface area (Å²) >= 11 is 8.91. The van der Waals surface area contributed by atoms with Gasteiger partial charge < -0.3 is 0 Å². The van der Waals surface area contributed by atoms with E-state index in [-0.39, 0.29) is 0 Å². The molecule has 0 unspecified atom stereocenters. The highest BCUT2D eigenvalue weighted by atomic mass is 79.9. The standard InChI is InChI=1S/C15H12Br2N4S/c16-10-1-2-14(13(17)5-10)22-21-4-3-11-9(8-21)6-18-15-12(11)7-19-20-15/h1-2,5-7H,3-4,8H2,(H,18,19,20). The number of hydrogen-bond acceptors (Lipinski definition) is 4. The van der Waals surface area contributed by atoms with Crippen LogP contribution in [0.4, 0.5) is 0 Å². The lowest BCUT2D eigenvalue weighted by atomic mass is 10.0. The summed E-state index contributed by atoms with van der Waals surface area (Å²) in [4.78, 5) is 5.68. The Kier molecular flexibility index (Phi) is 3.98. The quantitative estimate of drug-likeness (QED) is 0.595. The van der Waals surface area contributed by atoms with Gasteiger partial charge in [-0.1, -0.05) is 15.9 Å². The van der Waals surface area contributed by atoms with E-state index in [1.54, 1.807) is 11.9 Å². The molecular formula is C15H12Br2N4S. The van der Waals surface area contributed by atoms with Crippen molar-refractivity contribution in [1.29, 1.82) is 0 Å². The lowest BCUT2D eigenvalue weighted by Crippen LogP contribution is -2.25. The Morgan fingerprint density at radius 1 is 1.23 bits per heavy atom. The second-order valence-corrected chi connectivity index (χ2v) is 8.08. The number of aromatic amines is 1. The number of nitrogens with one attached hydrogen (secondary N) is 1. The summed E-state index contributed by atoms with van der Waals surface area (Å²) in [5.74, 6) is 0. The molecule has 1 aromatic carbocycles. The van der Waals surface area contributed by atoms with Crippen molar-refractivity contribution in [2.24, 2.45) is 0 Å². The summed E-state index contributed by atoms with van der Waals surface area (Å²) in [5, 5.41) is 8.20. The molecule has 112 valence electrons. The number of aromatic nitrogens is 3. The van der Waals surface area contributed by atoms with Gasteiger partial charge >= 0.3 is 0 Å². The number of pyridine rings is 1. The van der Waals surface area contributed by atoms with Crippen LogP contribution >= 0.6 is 43.8 Å². The molecule has 0 atom stereocenters. The molecule has 0 amide bonds. The zero-order chi connectivity index (χ0) is 15.1. The summed E-state index contributed by atoms with van der Waals surface area (Å²) in [6, 6.07) is 6.28. The van der Waals surface area contributed by atoms with E-state index in [2.05, 4.69) is 69.5 Å². The summed E-state index contributed by atoms with van der Waals surface area (Å²) in [5.41, 5.74) is 3.56. The molecule has 4 rings (SSSR count). The van der Waals surface area contributed by atoms with Gasteiger partial charge in [0, 0.05) is 38.5 Å². The van der Waals surface area contributed by atoms with Crippen molar-refractivity contribution in [2.45, 2.75) is 17.9 Å². The molecule has 3 aromatic rings. The second kappa shape index (κ2) is 5.96. The SMILES string of the molecule is Brc1ccc(SN2CCc3c(cnc4[nH]ncc34)C2)c(Br)c1. The first-order valence-electron chi connectivity index (χ1n) is 6.88. The average Bonchev–Trinajstić information content (AvgIpc) is 2.99. The number of fused-ring (bicyclic) bond motifs is 3. The van der Waals surface area contributed by atoms with E-state index in [1.807, 2.05) is 12.4 Å². The monoisotopic (exact) mass is 438 g/mol. The van der Waals surface area contributed by atoms with Gasteiger partial charge in [0.15, 0.2) is 5.65 Å². The normalized spacial score (nSPS) is 15.2. The van der Waals surface area contributed by atoms with Gasteiger partial charge in [0.25, 0.3) is 0 Å². The van der Waals surface area contributed by atoms with Crippen molar-refractivity contribution < 1.29 is 0 Å². The van der Waals surface area contributed by atoms with Crippen LogP contribution in [-0.2, 0) is 13.0 Å². The summed E-state index contributed by atoms with van der Waals surface area (Å²) < 4.78 is 4.57. The predicted octanol–water partition coefficient (Wildman–Crippen LogP) is 4.55. The highest BCUT2D eigenvalue weighted by Crippen LogP contribution is 2.35. The van der Waals surface area contributed by atoms with Gasteiger partial charge in [-0.15, -0.1) is 0 Å². The minimum Gasteiger partial charge on any atom is -0.261 e. The van der Waals surface area contributed by atoms with E-state index in [4.69, 9.17) is 0 Å². The fourth-order valence-electron chi connectivity index (χ4n) is 2.70. The third-order valence-corrected chi connectivity index (χ3v) is 6.30. The first-order valence-corrected chi connectivity index (χ1v) is 9.24. The van der Waals surface area contributed by atoms with E-state index in [9.17, 15) is 0 Å². The molecule has 3 heterocycles. The smallest absolute Gasteiger partial charge is 0.155 e. The molecule has 0 radical (unpaired) electrons. The number of benzene rings is 1. The zero-order valence-electron chi connectivity index (χ0n) is 11.5. The van der Waals surface area contributed by atoms with Gasteiger partial charge in [0.05, 0.1) is 6.20 Å². The summed E-state index contributed by atoms with van der Waals surface area (Å²) in [6.45, 7) is 1.92. The Morgan fingerprint density at radius 2 is 2.14 bits per heavy atom. The van der Waals surface area contributed by atoms with Crippen LogP contribution in [0.3, 0.4) is 0 Å². The van der Waals surface area contributed by atoms with E-state index in [0.29, 0.717) is 0 Å². The predicted molar refractivity (Wildman–Crippen MR) is 95.7 cm³/mol. The first-order chi connectivity index (χ1) is 10.7. The highest BCUT2D eigenvalue weighted by Gasteiger charge is 2.21. The van der Waals surface area contributed by atoms with Crippen molar-refractivity contribution in [3.8, 4) is 0 Å². The molecule has 4 nitrogen and oxygen atoms in total. The number of halogens is 2. The van der Waals surface area contributed by atoms with Crippen molar-refractivity contribution in [1.82, 2.24) is 19.5 Å². The maximum Gasteiger partial charge on any atom is 0.155 e. The largest absolute Gasteiger partial charge is 0.261 e. The van der Waals surface area contributed by atoms with Gasteiger partial charge in [-0.2, -0.15) is 5.10 Å². The Balaban J connectivity index is 1.59. The van der Waals surface area contributed by atoms with E-state index >= 15 is 0 Å². The van der Waals surface area contributed by atoms with Crippen LogP contribution in [0, 0.1) is 0 Å². The van der Waals surface area contributed by atoms with Crippen molar-refractivity contribution in [2.75, 3.05) is 6.54 Å². The Hall–Kier alpha value is -0.890. The third-order valence-electron chi connectivity index (χ3n) is 3.76. The molecule has 22 heavy (non-hydrogen) atoms. The molecule has 7 heteroatoms. The fourth-order valence-corrected chi connectivity index (χ4v) is 4.90. The lowest BCUT2D eigenvalue weighted by molar-refractivity contribution is 0.445. The number of hydrogen-bond donors (Lipinski definition) is 1. The molecule has 0 saturated heterocycles. The molecule has 0 spiro atoms. The molecule has 1 aliphatic rings. The Bertz CT molecular complexity index is 849. The van der Waals surface area contributed by atoms with Crippen molar-refractivity contribution in [3.05, 3.63) is 50.7 Å². The van der Waals surface area contributed by atoms with Gasteiger partial charge in [0.1, 0.15) is 0 Å². The minimum atomic E-state index is 0.885. The van der Waals surface area contributed by atoms with Gasteiger partial charge in [0.2, 0.25) is 0 Å². The van der Waals surface area contributed by atoms with E-state index < -0.39 is 0 Å². The van der Waals surface area contributed by atoms with Gasteiger partial charge in [-0.3, -0.25) is 5.10 Å². The highest BCUT2D eigenvalue weighted by molar-refractivity contribution is 9.11. The van der Waals surface area contributed by atoms with Gasteiger partial charge in [-0.05, 0) is 63.6 Å². The van der Waals surface area contributed by atoms with Crippen LogP contribution < -0.4 is 0 Å². The fraction of sp³-hybridized carbons (Fsp3) is 0.200. The maximum absolute atomic E-state index is 4.46. The van der Waals surface area contributed by atoms with Crippen LogP contribution in [0.2, 0.25) is 0 Å². The van der Waals surface area contributed by atoms with Crippen molar-refractivity contribution >= 4 is 54.8 Å². The summed E-state index contributed by atoms with van der Waals surface area (Å²) in [6.07, 6.45) is 4.88. The zero-order valence-corrected chi connectivity index (χ0v) is 15.5. The molecular weight excluding hydrogens is 428 g/mol. The first kappa shape index (κ1) is 14.7. The van der Waals surface area contributed by atoms with E-state index in [1.165, 1.54) is 16.0 Å². The second-order valence-electron chi connectivity index (χ2n) is 5.17. The van der Waals surface area contributed by atoms with Crippen LogP contribution in [-0.4, -0.2) is 26.0 Å². The molecule has 0 fully saturated rings. The average molecular weight is 440 g/mol. The van der Waals surface area contributed by atoms with Crippen LogP contribution in [0.1, 0.15) is 11.1 Å². The van der Waals surface area contributed by atoms with E-state index in [0.717, 1.165) is 39.5 Å². The molecule has 1 N–H and O–H groups in total. The van der Waals surface area contributed by atoms with Crippen LogP contribution in [0.5, 0.6) is 0 Å². The number of rotatable bonds is 2. The molecule has 0 saturated carbocycles. The third kappa shape index (κ3) is 2.71. The van der Waals surface area contributed by atoms with Crippen LogP contribution in [0.25, 0.3) is 11.0 Å². The Labute approximate surface area is 149 Å². The number of H-pyrrole nitrogens is 1. The summed E-state index contributed by atoms with van der Waals surface area (Å²) in [7, 11) is 0. The Morgan fingerprint density at radius 3 is 3.00 bits per heavy atom. The maximum atomic E-state index is 4.46. The number of nitrogens with zero attached hydrogens (tertiary/aromatic N) is 3. The van der Waals surface area contributed by atoms with Crippen LogP contribution in [0.15, 0.2) is 44.4 Å². The molecule has 2 aromatic heterocycles. The molecule has 1 aliphatic heterocycles. The minimum absolute atomic E-state index is 0.885. The molecule has 0 aliphatic carbocycles. The lowest BCUT2D eigenvalue weighted by Gasteiger charge is -2.27. The van der Waals surface area contributed by atoms with Crippen molar-refractivity contribution in [3.63, 3.8) is 0 Å². The van der Waals surface area contributed by atoms with Gasteiger partial charge in [-0.25, -0.2) is 9.29 Å². The topological polar surface area (TPSA) is 44.8 Å². The molecule has 0 bridgehead atoms.